The van der Waals surface area contributed by atoms with Crippen LogP contribution in [0.4, 0.5) is 0 Å². The van der Waals surface area contributed by atoms with Gasteiger partial charge in [0.25, 0.3) is 0 Å². The van der Waals surface area contributed by atoms with Crippen molar-refractivity contribution in [3.63, 3.8) is 0 Å². The van der Waals surface area contributed by atoms with Crippen molar-refractivity contribution in [2.75, 3.05) is 13.2 Å². The number of hydrogen-bond acceptors (Lipinski definition) is 4. The average molecular weight is 288 g/mol. The lowest BCUT2D eigenvalue weighted by Crippen LogP contribution is -2.46. The van der Waals surface area contributed by atoms with E-state index in [1.807, 2.05) is 6.20 Å². The zero-order chi connectivity index (χ0) is 14.7. The zero-order valence-corrected chi connectivity index (χ0v) is 12.7. The van der Waals surface area contributed by atoms with Gasteiger partial charge in [0.15, 0.2) is 0 Å². The van der Waals surface area contributed by atoms with Gasteiger partial charge in [0.05, 0.1) is 6.20 Å². The lowest BCUT2D eigenvalue weighted by atomic mass is 10.1. The van der Waals surface area contributed by atoms with Crippen molar-refractivity contribution in [3.05, 3.63) is 24.0 Å². The maximum absolute atomic E-state index is 11.0. The van der Waals surface area contributed by atoms with Crippen LogP contribution in [0.2, 0.25) is 0 Å². The number of carbonyl (C=O) groups excluding carboxylic acids is 1. The fourth-order valence-electron chi connectivity index (χ4n) is 2.99. The third-order valence-corrected chi connectivity index (χ3v) is 4.57. The van der Waals surface area contributed by atoms with Crippen molar-refractivity contribution in [3.8, 4) is 5.75 Å². The molecule has 2 aliphatic rings. The summed E-state index contributed by atoms with van der Waals surface area (Å²) < 4.78 is 5.81. The van der Waals surface area contributed by atoms with Crippen LogP contribution in [0.5, 0.6) is 5.75 Å². The highest BCUT2D eigenvalue weighted by Gasteiger charge is 2.37. The van der Waals surface area contributed by atoms with Gasteiger partial charge in [0.2, 0.25) is 0 Å². The largest absolute Gasteiger partial charge is 0.490 e. The van der Waals surface area contributed by atoms with E-state index in [4.69, 9.17) is 4.74 Å². The van der Waals surface area contributed by atoms with E-state index in [1.54, 1.807) is 13.1 Å². The molecule has 1 N–H and O–H groups in total. The van der Waals surface area contributed by atoms with E-state index in [-0.39, 0.29) is 0 Å². The van der Waals surface area contributed by atoms with Crippen LogP contribution in [-0.2, 0) is 4.79 Å². The third kappa shape index (κ3) is 4.03. The molecular formula is C17H24N2O2. The minimum atomic E-state index is 0.300. The standard InChI is InChI=1S/C17H24N2O2/c1-12(20)3-2-4-13-8-17(13)14-7-16(10-18-9-14)21-11-15-5-6-19-15/h7,9-10,13,15,17,19H,2-6,8,11H2,1H3/t13-,15-,17-/m0/s1. The molecule has 3 atom stereocenters. The fourth-order valence-corrected chi connectivity index (χ4v) is 2.99. The van der Waals surface area contributed by atoms with Gasteiger partial charge in [-0.05, 0) is 62.6 Å². The van der Waals surface area contributed by atoms with Crippen LogP contribution in [0, 0.1) is 5.92 Å². The molecule has 4 heteroatoms. The molecule has 1 saturated carbocycles. The third-order valence-electron chi connectivity index (χ3n) is 4.57. The fraction of sp³-hybridized carbons (Fsp3) is 0.647. The van der Waals surface area contributed by atoms with Crippen molar-refractivity contribution >= 4 is 5.78 Å². The zero-order valence-electron chi connectivity index (χ0n) is 12.7. The van der Waals surface area contributed by atoms with E-state index in [0.29, 0.717) is 17.7 Å². The van der Waals surface area contributed by atoms with E-state index >= 15 is 0 Å². The molecule has 2 fully saturated rings. The Bertz CT molecular complexity index is 499. The molecule has 0 unspecified atom stereocenters. The number of Topliss-reactive ketones (excluding diaryl/α,β-unsaturated/α-hetero) is 1. The van der Waals surface area contributed by atoms with Crippen LogP contribution in [0.15, 0.2) is 18.5 Å². The number of nitrogens with one attached hydrogen (secondary N) is 1. The number of carbonyl (C=O) groups is 1. The summed E-state index contributed by atoms with van der Waals surface area (Å²) in [6, 6.07) is 2.65. The summed E-state index contributed by atoms with van der Waals surface area (Å²) in [6.45, 7) is 3.51. The second-order valence-corrected chi connectivity index (χ2v) is 6.40. The van der Waals surface area contributed by atoms with E-state index < -0.39 is 0 Å². The number of aromatic nitrogens is 1. The predicted molar refractivity (Wildman–Crippen MR) is 81.5 cm³/mol. The maximum atomic E-state index is 11.0. The first kappa shape index (κ1) is 14.5. The monoisotopic (exact) mass is 288 g/mol. The number of hydrogen-bond donors (Lipinski definition) is 1. The number of nitrogens with zero attached hydrogens (tertiary/aromatic N) is 1. The van der Waals surface area contributed by atoms with Crippen molar-refractivity contribution in [1.82, 2.24) is 10.3 Å². The number of rotatable bonds is 8. The van der Waals surface area contributed by atoms with E-state index in [1.165, 1.54) is 18.4 Å². The molecule has 0 amide bonds. The van der Waals surface area contributed by atoms with Crippen molar-refractivity contribution < 1.29 is 9.53 Å². The highest BCUT2D eigenvalue weighted by Crippen LogP contribution is 2.50. The van der Waals surface area contributed by atoms with Gasteiger partial charge in [-0.3, -0.25) is 4.98 Å². The van der Waals surface area contributed by atoms with Gasteiger partial charge < -0.3 is 14.8 Å². The molecule has 0 bridgehead atoms. The molecule has 2 heterocycles. The van der Waals surface area contributed by atoms with Gasteiger partial charge in [0.1, 0.15) is 18.1 Å². The van der Waals surface area contributed by atoms with Crippen LogP contribution in [0.1, 0.15) is 50.5 Å². The molecule has 1 aliphatic heterocycles. The molecular weight excluding hydrogens is 264 g/mol. The highest BCUT2D eigenvalue weighted by atomic mass is 16.5. The van der Waals surface area contributed by atoms with Crippen LogP contribution in [0.25, 0.3) is 0 Å². The molecule has 1 aromatic heterocycles. The Balaban J connectivity index is 1.46. The molecule has 1 aromatic rings. The van der Waals surface area contributed by atoms with Crippen LogP contribution in [-0.4, -0.2) is 30.0 Å². The summed E-state index contributed by atoms with van der Waals surface area (Å²) >= 11 is 0. The minimum absolute atomic E-state index is 0.300. The summed E-state index contributed by atoms with van der Waals surface area (Å²) in [5, 5.41) is 3.33. The molecule has 114 valence electrons. The first-order chi connectivity index (χ1) is 10.2. The summed E-state index contributed by atoms with van der Waals surface area (Å²) in [5.41, 5.74) is 1.29. The van der Waals surface area contributed by atoms with Crippen molar-refractivity contribution in [2.45, 2.75) is 51.0 Å². The van der Waals surface area contributed by atoms with E-state index in [9.17, 15) is 4.79 Å². The van der Waals surface area contributed by atoms with Crippen molar-refractivity contribution in [1.29, 1.82) is 0 Å². The molecule has 0 radical (unpaired) electrons. The van der Waals surface area contributed by atoms with E-state index in [0.717, 1.165) is 44.1 Å². The summed E-state index contributed by atoms with van der Waals surface area (Å²) in [6.07, 6.45) is 9.09. The van der Waals surface area contributed by atoms with Gasteiger partial charge in [-0.15, -0.1) is 0 Å². The lowest BCUT2D eigenvalue weighted by Gasteiger charge is -2.27. The summed E-state index contributed by atoms with van der Waals surface area (Å²) in [4.78, 5) is 15.3. The Kier molecular flexibility index (Phi) is 4.54. The van der Waals surface area contributed by atoms with Crippen LogP contribution in [0.3, 0.4) is 0 Å². The normalized spacial score (nSPS) is 27.0. The second kappa shape index (κ2) is 6.56. The van der Waals surface area contributed by atoms with Gasteiger partial charge in [-0.1, -0.05) is 0 Å². The quantitative estimate of drug-likeness (QED) is 0.799. The smallest absolute Gasteiger partial charge is 0.137 e. The second-order valence-electron chi connectivity index (χ2n) is 6.40. The molecule has 0 spiro atoms. The molecule has 4 nitrogen and oxygen atoms in total. The Hall–Kier alpha value is -1.42. The van der Waals surface area contributed by atoms with Gasteiger partial charge in [0, 0.05) is 18.7 Å². The van der Waals surface area contributed by atoms with Crippen LogP contribution < -0.4 is 10.1 Å². The van der Waals surface area contributed by atoms with Gasteiger partial charge in [-0.25, -0.2) is 0 Å². The average Bonchev–Trinajstić information content (AvgIpc) is 3.16. The number of pyridine rings is 1. The van der Waals surface area contributed by atoms with Crippen molar-refractivity contribution in [2.24, 2.45) is 5.92 Å². The Morgan fingerprint density at radius 3 is 3.05 bits per heavy atom. The van der Waals surface area contributed by atoms with E-state index in [2.05, 4.69) is 16.4 Å². The molecule has 21 heavy (non-hydrogen) atoms. The molecule has 1 saturated heterocycles. The van der Waals surface area contributed by atoms with Gasteiger partial charge in [-0.2, -0.15) is 0 Å². The maximum Gasteiger partial charge on any atom is 0.137 e. The minimum Gasteiger partial charge on any atom is -0.490 e. The first-order valence-corrected chi connectivity index (χ1v) is 8.03. The van der Waals surface area contributed by atoms with Gasteiger partial charge >= 0.3 is 0 Å². The number of ether oxygens (including phenoxy) is 1. The Morgan fingerprint density at radius 2 is 2.33 bits per heavy atom. The number of ketones is 1. The Labute approximate surface area is 126 Å². The summed E-state index contributed by atoms with van der Waals surface area (Å²) in [7, 11) is 0. The highest BCUT2D eigenvalue weighted by molar-refractivity contribution is 5.75. The topological polar surface area (TPSA) is 51.2 Å². The first-order valence-electron chi connectivity index (χ1n) is 8.03. The SMILES string of the molecule is CC(=O)CCC[C@H]1C[C@@H]1c1cncc(OC[C@@H]2CCN2)c1. The molecule has 3 rings (SSSR count). The molecule has 1 aliphatic carbocycles. The van der Waals surface area contributed by atoms with Crippen LogP contribution >= 0.6 is 0 Å². The molecule has 0 aromatic carbocycles. The Morgan fingerprint density at radius 1 is 1.48 bits per heavy atom. The summed E-state index contributed by atoms with van der Waals surface area (Å²) in [5.74, 6) is 2.54. The lowest BCUT2D eigenvalue weighted by molar-refractivity contribution is -0.117. The predicted octanol–water partition coefficient (Wildman–Crippen LogP) is 2.69.